The third-order valence-corrected chi connectivity index (χ3v) is 5.84. The van der Waals surface area contributed by atoms with Crippen molar-refractivity contribution in [3.05, 3.63) is 54.1 Å². The van der Waals surface area contributed by atoms with E-state index < -0.39 is 0 Å². The van der Waals surface area contributed by atoms with E-state index >= 15 is 0 Å². The van der Waals surface area contributed by atoms with E-state index in [1.54, 1.807) is 7.11 Å². The van der Waals surface area contributed by atoms with Crippen LogP contribution in [0.4, 0.5) is 5.69 Å². The quantitative estimate of drug-likeness (QED) is 0.716. The maximum atomic E-state index is 12.8. The molecule has 30 heavy (non-hydrogen) atoms. The molecule has 6 nitrogen and oxygen atoms in total. The van der Waals surface area contributed by atoms with Crippen LogP contribution in [0.3, 0.4) is 0 Å². The summed E-state index contributed by atoms with van der Waals surface area (Å²) in [5.74, 6) is 1.59. The average molecular weight is 412 g/mol. The normalized spacial score (nSPS) is 17.2. The number of carbonyl (C=O) groups is 1. The number of piperazine rings is 1. The number of nitrogens with one attached hydrogen (secondary N) is 1. The maximum absolute atomic E-state index is 12.8. The lowest BCUT2D eigenvalue weighted by molar-refractivity contribution is -0.121. The summed E-state index contributed by atoms with van der Waals surface area (Å²) in [6, 6.07) is 15.9. The summed E-state index contributed by atoms with van der Waals surface area (Å²) in [5.41, 5.74) is 1.97. The summed E-state index contributed by atoms with van der Waals surface area (Å²) in [6.45, 7) is 10.3. The Morgan fingerprint density at radius 2 is 1.73 bits per heavy atom. The van der Waals surface area contributed by atoms with E-state index in [2.05, 4.69) is 34.2 Å². The molecule has 0 bridgehead atoms. The van der Waals surface area contributed by atoms with Gasteiger partial charge in [0.05, 0.1) is 25.4 Å². The minimum Gasteiger partial charge on any atom is -0.497 e. The Kier molecular flexibility index (Phi) is 7.71. The van der Waals surface area contributed by atoms with Gasteiger partial charge in [0, 0.05) is 32.2 Å². The van der Waals surface area contributed by atoms with Gasteiger partial charge in [-0.05, 0) is 50.6 Å². The van der Waals surface area contributed by atoms with E-state index in [1.165, 1.54) is 5.56 Å². The van der Waals surface area contributed by atoms with E-state index in [0.29, 0.717) is 18.4 Å². The summed E-state index contributed by atoms with van der Waals surface area (Å²) in [4.78, 5) is 17.5. The van der Waals surface area contributed by atoms with Gasteiger partial charge < -0.3 is 14.8 Å². The fourth-order valence-electron chi connectivity index (χ4n) is 3.88. The van der Waals surface area contributed by atoms with E-state index in [9.17, 15) is 4.79 Å². The molecule has 2 atom stereocenters. The molecule has 3 rings (SSSR count). The standard InChI is InChI=1S/C24H33N3O3/c1-5-30-23-12-7-6-11-22(23)25-24(28)19(3)27-15-13-26(14-16-27)18(2)20-9-8-10-21(17-20)29-4/h6-12,17-19H,5,13-16H2,1-4H3,(H,25,28). The summed E-state index contributed by atoms with van der Waals surface area (Å²) in [7, 11) is 1.70. The van der Waals surface area contributed by atoms with Crippen molar-refractivity contribution in [3.8, 4) is 11.5 Å². The van der Waals surface area contributed by atoms with Crippen molar-refractivity contribution in [2.75, 3.05) is 45.2 Å². The van der Waals surface area contributed by atoms with Gasteiger partial charge >= 0.3 is 0 Å². The van der Waals surface area contributed by atoms with Crippen molar-refractivity contribution >= 4 is 11.6 Å². The summed E-state index contributed by atoms with van der Waals surface area (Å²) in [5, 5.41) is 3.03. The number of nitrogens with zero attached hydrogens (tertiary/aromatic N) is 2. The molecule has 1 N–H and O–H groups in total. The predicted octanol–water partition coefficient (Wildman–Crippen LogP) is 3.80. The molecule has 1 heterocycles. The van der Waals surface area contributed by atoms with E-state index in [4.69, 9.17) is 9.47 Å². The fraction of sp³-hybridized carbons (Fsp3) is 0.458. The van der Waals surface area contributed by atoms with Crippen LogP contribution in [0.5, 0.6) is 11.5 Å². The van der Waals surface area contributed by atoms with E-state index in [0.717, 1.165) is 37.6 Å². The van der Waals surface area contributed by atoms with Crippen molar-refractivity contribution in [2.45, 2.75) is 32.9 Å². The molecule has 1 saturated heterocycles. The number of amides is 1. The monoisotopic (exact) mass is 411 g/mol. The van der Waals surface area contributed by atoms with Gasteiger partial charge in [0.15, 0.2) is 0 Å². The Morgan fingerprint density at radius 1 is 1.03 bits per heavy atom. The van der Waals surface area contributed by atoms with Crippen LogP contribution in [0.25, 0.3) is 0 Å². The first-order valence-corrected chi connectivity index (χ1v) is 10.7. The third kappa shape index (κ3) is 5.32. The number of ether oxygens (including phenoxy) is 2. The molecular formula is C24H33N3O3. The molecule has 0 saturated carbocycles. The zero-order valence-corrected chi connectivity index (χ0v) is 18.4. The smallest absolute Gasteiger partial charge is 0.241 e. The van der Waals surface area contributed by atoms with Gasteiger partial charge in [-0.3, -0.25) is 14.6 Å². The Bertz CT molecular complexity index is 834. The molecule has 6 heteroatoms. The number of rotatable bonds is 8. The van der Waals surface area contributed by atoms with Crippen LogP contribution >= 0.6 is 0 Å². The summed E-state index contributed by atoms with van der Waals surface area (Å²) < 4.78 is 11.0. The van der Waals surface area contributed by atoms with Gasteiger partial charge in [0.2, 0.25) is 5.91 Å². The lowest BCUT2D eigenvalue weighted by atomic mass is 10.1. The highest BCUT2D eigenvalue weighted by Gasteiger charge is 2.28. The molecular weight excluding hydrogens is 378 g/mol. The van der Waals surface area contributed by atoms with Crippen molar-refractivity contribution in [1.82, 2.24) is 9.80 Å². The molecule has 0 radical (unpaired) electrons. The molecule has 2 aromatic rings. The number of carbonyl (C=O) groups excluding carboxylic acids is 1. The van der Waals surface area contributed by atoms with Crippen molar-refractivity contribution in [3.63, 3.8) is 0 Å². The highest BCUT2D eigenvalue weighted by atomic mass is 16.5. The summed E-state index contributed by atoms with van der Waals surface area (Å²) in [6.07, 6.45) is 0. The second kappa shape index (κ2) is 10.5. The molecule has 0 aromatic heterocycles. The number of hydrogen-bond donors (Lipinski definition) is 1. The van der Waals surface area contributed by atoms with Gasteiger partial charge in [0.25, 0.3) is 0 Å². The molecule has 2 aromatic carbocycles. The number of hydrogen-bond acceptors (Lipinski definition) is 5. The third-order valence-electron chi connectivity index (χ3n) is 5.84. The zero-order valence-electron chi connectivity index (χ0n) is 18.4. The largest absolute Gasteiger partial charge is 0.497 e. The Balaban J connectivity index is 1.56. The fourth-order valence-corrected chi connectivity index (χ4v) is 3.88. The van der Waals surface area contributed by atoms with Crippen LogP contribution in [-0.2, 0) is 4.79 Å². The average Bonchev–Trinajstić information content (AvgIpc) is 2.79. The maximum Gasteiger partial charge on any atom is 0.241 e. The van der Waals surface area contributed by atoms with Gasteiger partial charge in [-0.25, -0.2) is 0 Å². The minimum atomic E-state index is -0.200. The number of anilines is 1. The first-order chi connectivity index (χ1) is 14.5. The first-order valence-electron chi connectivity index (χ1n) is 10.7. The molecule has 1 aliphatic rings. The number of para-hydroxylation sites is 2. The minimum absolute atomic E-state index is 0.00329. The van der Waals surface area contributed by atoms with Crippen LogP contribution in [-0.4, -0.2) is 61.6 Å². The van der Waals surface area contributed by atoms with Crippen LogP contribution in [0, 0.1) is 0 Å². The molecule has 1 amide bonds. The van der Waals surface area contributed by atoms with Crippen LogP contribution in [0.1, 0.15) is 32.4 Å². The van der Waals surface area contributed by atoms with Gasteiger partial charge in [-0.2, -0.15) is 0 Å². The number of benzene rings is 2. The van der Waals surface area contributed by atoms with Gasteiger partial charge in [-0.15, -0.1) is 0 Å². The van der Waals surface area contributed by atoms with Crippen molar-refractivity contribution in [1.29, 1.82) is 0 Å². The topological polar surface area (TPSA) is 54.0 Å². The Morgan fingerprint density at radius 3 is 2.43 bits per heavy atom. The predicted molar refractivity (Wildman–Crippen MR) is 120 cm³/mol. The molecule has 0 aliphatic carbocycles. The number of methoxy groups -OCH3 is 1. The molecule has 0 spiro atoms. The second-order valence-electron chi connectivity index (χ2n) is 7.62. The lowest BCUT2D eigenvalue weighted by Gasteiger charge is -2.40. The first kappa shape index (κ1) is 22.1. The van der Waals surface area contributed by atoms with Crippen LogP contribution in [0.2, 0.25) is 0 Å². The lowest BCUT2D eigenvalue weighted by Crippen LogP contribution is -2.53. The highest BCUT2D eigenvalue weighted by Crippen LogP contribution is 2.26. The van der Waals surface area contributed by atoms with E-state index in [1.807, 2.05) is 50.2 Å². The van der Waals surface area contributed by atoms with Crippen LogP contribution in [0.15, 0.2) is 48.5 Å². The van der Waals surface area contributed by atoms with Gasteiger partial charge in [-0.1, -0.05) is 24.3 Å². The van der Waals surface area contributed by atoms with E-state index in [-0.39, 0.29) is 11.9 Å². The molecule has 162 valence electrons. The van der Waals surface area contributed by atoms with Gasteiger partial charge in [0.1, 0.15) is 11.5 Å². The SMILES string of the molecule is CCOc1ccccc1NC(=O)C(C)N1CCN(C(C)c2cccc(OC)c2)CC1. The Hall–Kier alpha value is -2.57. The zero-order chi connectivity index (χ0) is 21.5. The Labute approximate surface area is 179 Å². The second-order valence-corrected chi connectivity index (χ2v) is 7.62. The molecule has 1 aliphatic heterocycles. The summed E-state index contributed by atoms with van der Waals surface area (Å²) >= 11 is 0. The molecule has 2 unspecified atom stereocenters. The molecule has 1 fully saturated rings. The van der Waals surface area contributed by atoms with Crippen molar-refractivity contribution in [2.24, 2.45) is 0 Å². The van der Waals surface area contributed by atoms with Crippen molar-refractivity contribution < 1.29 is 14.3 Å². The highest BCUT2D eigenvalue weighted by molar-refractivity contribution is 5.95. The van der Waals surface area contributed by atoms with Crippen LogP contribution < -0.4 is 14.8 Å².